The second-order valence-corrected chi connectivity index (χ2v) is 4.83. The molecule has 0 aliphatic heterocycles. The van der Waals surface area contributed by atoms with E-state index in [2.05, 4.69) is 24.1 Å². The van der Waals surface area contributed by atoms with Crippen molar-refractivity contribution in [2.75, 3.05) is 6.54 Å². The average molecular weight is 329 g/mol. The molecular formula is C12H20Cl3N3O. The topological polar surface area (TPSA) is 68.0 Å². The highest BCUT2D eigenvalue weighted by atomic mass is 35.5. The van der Waals surface area contributed by atoms with Gasteiger partial charge >= 0.3 is 0 Å². The Bertz CT molecular complexity index is 371. The van der Waals surface area contributed by atoms with Crippen molar-refractivity contribution in [3.8, 4) is 0 Å². The monoisotopic (exact) mass is 327 g/mol. The van der Waals surface area contributed by atoms with E-state index in [-0.39, 0.29) is 36.8 Å². The fourth-order valence-electron chi connectivity index (χ4n) is 1.55. The summed E-state index contributed by atoms with van der Waals surface area (Å²) in [6.07, 6.45) is 2.31. The van der Waals surface area contributed by atoms with Crippen LogP contribution in [0.5, 0.6) is 0 Å². The number of hydrogen-bond donors (Lipinski definition) is 2. The second-order valence-electron chi connectivity index (χ2n) is 4.40. The van der Waals surface area contributed by atoms with Crippen LogP contribution in [0, 0.1) is 5.92 Å². The molecule has 4 nitrogen and oxygen atoms in total. The number of carbonyl (C=O) groups excluding carboxylic acids is 1. The van der Waals surface area contributed by atoms with Gasteiger partial charge in [-0.1, -0.05) is 25.4 Å². The van der Waals surface area contributed by atoms with E-state index in [0.717, 1.165) is 6.42 Å². The third-order valence-corrected chi connectivity index (χ3v) is 2.56. The Hall–Kier alpha value is -0.550. The molecule has 110 valence electrons. The number of nitrogens with one attached hydrogen (secondary N) is 1. The number of halogens is 3. The van der Waals surface area contributed by atoms with Crippen LogP contribution in [0.2, 0.25) is 5.02 Å². The Morgan fingerprint density at radius 1 is 1.42 bits per heavy atom. The molecule has 3 N–H and O–H groups in total. The molecule has 1 atom stereocenters. The van der Waals surface area contributed by atoms with Crippen molar-refractivity contribution in [3.63, 3.8) is 0 Å². The molecule has 1 amide bonds. The van der Waals surface area contributed by atoms with Crippen LogP contribution in [0.3, 0.4) is 0 Å². The molecule has 19 heavy (non-hydrogen) atoms. The molecule has 0 radical (unpaired) electrons. The Labute approximate surface area is 131 Å². The lowest BCUT2D eigenvalue weighted by Gasteiger charge is -2.18. The summed E-state index contributed by atoms with van der Waals surface area (Å²) < 4.78 is 0. The van der Waals surface area contributed by atoms with Gasteiger partial charge in [0.2, 0.25) is 0 Å². The maximum Gasteiger partial charge on any atom is 0.270 e. The molecule has 0 aromatic carbocycles. The summed E-state index contributed by atoms with van der Waals surface area (Å²) in [5, 5.41) is 3.38. The second kappa shape index (κ2) is 10.3. The lowest BCUT2D eigenvalue weighted by atomic mass is 10.0. The van der Waals surface area contributed by atoms with Crippen LogP contribution in [0.25, 0.3) is 0 Å². The fraction of sp³-hybridized carbons (Fsp3) is 0.500. The van der Waals surface area contributed by atoms with Gasteiger partial charge in [0.1, 0.15) is 5.69 Å². The first-order valence-electron chi connectivity index (χ1n) is 5.65. The highest BCUT2D eigenvalue weighted by molar-refractivity contribution is 6.30. The maximum absolute atomic E-state index is 11.8. The molecule has 0 spiro atoms. The molecule has 0 saturated carbocycles. The van der Waals surface area contributed by atoms with Gasteiger partial charge in [0.25, 0.3) is 5.91 Å². The Morgan fingerprint density at radius 3 is 2.47 bits per heavy atom. The van der Waals surface area contributed by atoms with Crippen molar-refractivity contribution in [1.29, 1.82) is 0 Å². The summed E-state index contributed by atoms with van der Waals surface area (Å²) in [6, 6.07) is 3.23. The van der Waals surface area contributed by atoms with E-state index in [1.54, 1.807) is 12.1 Å². The van der Waals surface area contributed by atoms with Crippen LogP contribution < -0.4 is 11.1 Å². The minimum absolute atomic E-state index is 0. The zero-order valence-electron chi connectivity index (χ0n) is 10.9. The Kier molecular flexibility index (Phi) is 11.2. The third-order valence-electron chi connectivity index (χ3n) is 2.34. The van der Waals surface area contributed by atoms with Crippen LogP contribution in [-0.4, -0.2) is 23.5 Å². The van der Waals surface area contributed by atoms with E-state index < -0.39 is 0 Å². The van der Waals surface area contributed by atoms with E-state index in [1.165, 1.54) is 6.20 Å². The van der Waals surface area contributed by atoms with Crippen LogP contribution in [-0.2, 0) is 0 Å². The average Bonchev–Trinajstić information content (AvgIpc) is 2.28. The molecule has 1 aromatic rings. The molecule has 0 fully saturated rings. The molecule has 0 saturated heterocycles. The largest absolute Gasteiger partial charge is 0.347 e. The standard InChI is InChI=1S/C12H18ClN3O.2ClH/c1-8(2)5-10(6-14)16-12(17)11-4-3-9(13)7-15-11;;/h3-4,7-8,10H,5-6,14H2,1-2H3,(H,16,17);2*1H. The summed E-state index contributed by atoms with van der Waals surface area (Å²) in [6.45, 7) is 4.61. The van der Waals surface area contributed by atoms with Crippen molar-refractivity contribution in [2.24, 2.45) is 11.7 Å². The van der Waals surface area contributed by atoms with Gasteiger partial charge in [-0.2, -0.15) is 0 Å². The zero-order chi connectivity index (χ0) is 12.8. The van der Waals surface area contributed by atoms with Gasteiger partial charge in [-0.3, -0.25) is 4.79 Å². The summed E-state index contributed by atoms with van der Waals surface area (Å²) >= 11 is 5.70. The molecule has 0 aliphatic rings. The fourth-order valence-corrected chi connectivity index (χ4v) is 1.66. The Morgan fingerprint density at radius 2 is 2.05 bits per heavy atom. The van der Waals surface area contributed by atoms with Gasteiger partial charge in [-0.05, 0) is 24.5 Å². The highest BCUT2D eigenvalue weighted by Gasteiger charge is 2.14. The number of nitrogens with zero attached hydrogens (tertiary/aromatic N) is 1. The quantitative estimate of drug-likeness (QED) is 0.873. The molecule has 1 unspecified atom stereocenters. The van der Waals surface area contributed by atoms with Crippen LogP contribution >= 0.6 is 36.4 Å². The molecule has 7 heteroatoms. The summed E-state index contributed by atoms with van der Waals surface area (Å²) in [5.41, 5.74) is 5.97. The smallest absolute Gasteiger partial charge is 0.270 e. The third kappa shape index (κ3) is 7.57. The van der Waals surface area contributed by atoms with Crippen molar-refractivity contribution < 1.29 is 4.79 Å². The predicted octanol–water partition coefficient (Wildman–Crippen LogP) is 2.68. The van der Waals surface area contributed by atoms with Crippen LogP contribution in [0.1, 0.15) is 30.8 Å². The minimum Gasteiger partial charge on any atom is -0.347 e. The first-order chi connectivity index (χ1) is 8.02. The zero-order valence-corrected chi connectivity index (χ0v) is 13.3. The first kappa shape index (κ1) is 20.8. The normalized spacial score (nSPS) is 11.2. The number of hydrogen-bond acceptors (Lipinski definition) is 3. The summed E-state index contributed by atoms with van der Waals surface area (Å²) in [4.78, 5) is 15.8. The number of carbonyl (C=O) groups is 1. The number of pyridine rings is 1. The van der Waals surface area contributed by atoms with E-state index in [1.807, 2.05) is 0 Å². The molecule has 1 heterocycles. The van der Waals surface area contributed by atoms with E-state index in [0.29, 0.717) is 23.2 Å². The molecule has 0 aliphatic carbocycles. The van der Waals surface area contributed by atoms with Crippen molar-refractivity contribution >= 4 is 42.3 Å². The molecule has 1 aromatic heterocycles. The van der Waals surface area contributed by atoms with Crippen molar-refractivity contribution in [3.05, 3.63) is 29.0 Å². The van der Waals surface area contributed by atoms with Gasteiger partial charge in [0.15, 0.2) is 0 Å². The summed E-state index contributed by atoms with van der Waals surface area (Å²) in [5.74, 6) is 0.278. The SMILES string of the molecule is CC(C)CC(CN)NC(=O)c1ccc(Cl)cn1.Cl.Cl. The maximum atomic E-state index is 11.8. The number of rotatable bonds is 5. The van der Waals surface area contributed by atoms with Gasteiger partial charge in [0, 0.05) is 18.8 Å². The van der Waals surface area contributed by atoms with Crippen LogP contribution in [0.15, 0.2) is 18.3 Å². The number of aromatic nitrogens is 1. The van der Waals surface area contributed by atoms with Crippen LogP contribution in [0.4, 0.5) is 0 Å². The van der Waals surface area contributed by atoms with Gasteiger partial charge in [-0.25, -0.2) is 4.98 Å². The Balaban J connectivity index is 0. The van der Waals surface area contributed by atoms with Crippen molar-refractivity contribution in [2.45, 2.75) is 26.3 Å². The molecule has 0 bridgehead atoms. The van der Waals surface area contributed by atoms with Gasteiger partial charge < -0.3 is 11.1 Å². The van der Waals surface area contributed by atoms with E-state index >= 15 is 0 Å². The minimum atomic E-state index is -0.210. The molecule has 1 rings (SSSR count). The lowest BCUT2D eigenvalue weighted by molar-refractivity contribution is 0.0928. The number of nitrogens with two attached hydrogens (primary N) is 1. The lowest BCUT2D eigenvalue weighted by Crippen LogP contribution is -2.41. The highest BCUT2D eigenvalue weighted by Crippen LogP contribution is 2.07. The predicted molar refractivity (Wildman–Crippen MR) is 83.5 cm³/mol. The molecular weight excluding hydrogens is 309 g/mol. The summed E-state index contributed by atoms with van der Waals surface area (Å²) in [7, 11) is 0. The van der Waals surface area contributed by atoms with E-state index in [9.17, 15) is 4.79 Å². The van der Waals surface area contributed by atoms with Crippen molar-refractivity contribution in [1.82, 2.24) is 10.3 Å². The van der Waals surface area contributed by atoms with Gasteiger partial charge in [-0.15, -0.1) is 24.8 Å². The van der Waals surface area contributed by atoms with E-state index in [4.69, 9.17) is 17.3 Å². The first-order valence-corrected chi connectivity index (χ1v) is 6.03. The number of amides is 1. The van der Waals surface area contributed by atoms with Gasteiger partial charge in [0.05, 0.1) is 5.02 Å².